The van der Waals surface area contributed by atoms with E-state index in [1.54, 1.807) is 12.5 Å². The van der Waals surface area contributed by atoms with Crippen LogP contribution in [0.1, 0.15) is 74.3 Å². The Morgan fingerprint density at radius 2 is 1.87 bits per heavy atom. The summed E-state index contributed by atoms with van der Waals surface area (Å²) in [7, 11) is 0. The number of ether oxygens (including phenoxy) is 1. The van der Waals surface area contributed by atoms with Crippen LogP contribution in [0, 0.1) is 13.8 Å². The van der Waals surface area contributed by atoms with E-state index in [-0.39, 0.29) is 5.92 Å². The summed E-state index contributed by atoms with van der Waals surface area (Å²) >= 11 is 0. The number of rotatable bonds is 5. The largest absolute Gasteiger partial charge is 0.437 e. The molecule has 8 nitrogen and oxygen atoms in total. The highest BCUT2D eigenvalue weighted by molar-refractivity contribution is 5.54. The predicted octanol–water partition coefficient (Wildman–Crippen LogP) is 4.70. The van der Waals surface area contributed by atoms with Gasteiger partial charge >= 0.3 is 0 Å². The van der Waals surface area contributed by atoms with E-state index in [0.29, 0.717) is 29.6 Å². The van der Waals surface area contributed by atoms with Crippen LogP contribution < -0.4 is 9.64 Å². The van der Waals surface area contributed by atoms with Crippen molar-refractivity contribution in [1.82, 2.24) is 25.1 Å². The molecule has 0 amide bonds. The van der Waals surface area contributed by atoms with Gasteiger partial charge < -0.3 is 14.2 Å². The minimum atomic E-state index is 0.278. The standard InChI is InChI=1S/C23H28N6O2/c1-13(2)20-27-23(31-28-20)16-10-17-7-8-18(11-16)29(17)21-14(3)22(26-12-25-21)30-19-6-5-9-24-15(19)4/h5-6,9,12-13,16-18H,7-8,10-11H2,1-4H3. The molecule has 2 fully saturated rings. The van der Waals surface area contributed by atoms with Crippen molar-refractivity contribution >= 4 is 5.82 Å². The van der Waals surface area contributed by atoms with Gasteiger partial charge in [-0.15, -0.1) is 0 Å². The number of aromatic nitrogens is 5. The molecule has 2 saturated heterocycles. The highest BCUT2D eigenvalue weighted by Gasteiger charge is 2.44. The van der Waals surface area contributed by atoms with Gasteiger partial charge in [0.1, 0.15) is 12.1 Å². The van der Waals surface area contributed by atoms with Crippen LogP contribution in [0.15, 0.2) is 29.2 Å². The lowest BCUT2D eigenvalue weighted by molar-refractivity contribution is 0.303. The van der Waals surface area contributed by atoms with Crippen LogP contribution in [-0.2, 0) is 0 Å². The zero-order valence-electron chi connectivity index (χ0n) is 18.4. The first-order valence-electron chi connectivity index (χ1n) is 11.0. The molecule has 162 valence electrons. The number of nitrogens with zero attached hydrogens (tertiary/aromatic N) is 6. The molecule has 2 bridgehead atoms. The zero-order chi connectivity index (χ0) is 21.5. The highest BCUT2D eigenvalue weighted by Crippen LogP contribution is 2.46. The smallest absolute Gasteiger partial charge is 0.229 e. The zero-order valence-corrected chi connectivity index (χ0v) is 18.4. The van der Waals surface area contributed by atoms with Gasteiger partial charge in [0.25, 0.3) is 0 Å². The van der Waals surface area contributed by atoms with Crippen LogP contribution in [0.5, 0.6) is 11.6 Å². The maximum atomic E-state index is 6.10. The Morgan fingerprint density at radius 3 is 2.55 bits per heavy atom. The Hall–Kier alpha value is -3.03. The van der Waals surface area contributed by atoms with Crippen LogP contribution in [0.3, 0.4) is 0 Å². The Labute approximate surface area is 182 Å². The quantitative estimate of drug-likeness (QED) is 0.586. The van der Waals surface area contributed by atoms with Gasteiger partial charge in [0.05, 0.1) is 11.3 Å². The second-order valence-corrected chi connectivity index (χ2v) is 8.92. The summed E-state index contributed by atoms with van der Waals surface area (Å²) in [6.07, 6.45) is 7.65. The van der Waals surface area contributed by atoms with Gasteiger partial charge in [-0.1, -0.05) is 19.0 Å². The Bertz CT molecular complexity index is 1070. The van der Waals surface area contributed by atoms with Gasteiger partial charge in [-0.25, -0.2) is 9.97 Å². The maximum absolute atomic E-state index is 6.10. The van der Waals surface area contributed by atoms with Gasteiger partial charge in [-0.05, 0) is 51.7 Å². The molecule has 0 radical (unpaired) electrons. The summed E-state index contributed by atoms with van der Waals surface area (Å²) in [5.74, 6) is 4.44. The van der Waals surface area contributed by atoms with Crippen LogP contribution in [0.4, 0.5) is 5.82 Å². The van der Waals surface area contributed by atoms with E-state index in [1.165, 1.54) is 0 Å². The van der Waals surface area contributed by atoms with Crippen LogP contribution in [-0.4, -0.2) is 37.2 Å². The summed E-state index contributed by atoms with van der Waals surface area (Å²) < 4.78 is 11.7. The van der Waals surface area contributed by atoms with Gasteiger partial charge in [-0.2, -0.15) is 4.98 Å². The van der Waals surface area contributed by atoms with Crippen molar-refractivity contribution in [3.05, 3.63) is 47.6 Å². The van der Waals surface area contributed by atoms with Crippen molar-refractivity contribution in [3.8, 4) is 11.6 Å². The molecule has 0 spiro atoms. The number of piperidine rings is 1. The molecule has 0 N–H and O–H groups in total. The minimum absolute atomic E-state index is 0.278. The third-order valence-corrected chi connectivity index (χ3v) is 6.48. The molecule has 2 aliphatic heterocycles. The van der Waals surface area contributed by atoms with Crippen molar-refractivity contribution in [3.63, 3.8) is 0 Å². The van der Waals surface area contributed by atoms with E-state index in [1.807, 2.05) is 26.0 Å². The van der Waals surface area contributed by atoms with Gasteiger partial charge in [0.2, 0.25) is 11.8 Å². The second kappa shape index (κ2) is 7.90. The third-order valence-electron chi connectivity index (χ3n) is 6.48. The monoisotopic (exact) mass is 420 g/mol. The molecule has 5 heterocycles. The average Bonchev–Trinajstić information content (AvgIpc) is 3.34. The summed E-state index contributed by atoms with van der Waals surface area (Å²) in [5, 5.41) is 4.17. The highest BCUT2D eigenvalue weighted by atomic mass is 16.5. The van der Waals surface area contributed by atoms with E-state index < -0.39 is 0 Å². The number of anilines is 1. The van der Waals surface area contributed by atoms with Crippen molar-refractivity contribution < 1.29 is 9.26 Å². The molecule has 3 aromatic heterocycles. The maximum Gasteiger partial charge on any atom is 0.229 e. The molecule has 0 saturated carbocycles. The molecule has 31 heavy (non-hydrogen) atoms. The van der Waals surface area contributed by atoms with E-state index in [0.717, 1.165) is 54.5 Å². The lowest BCUT2D eigenvalue weighted by atomic mass is 9.90. The van der Waals surface area contributed by atoms with Crippen LogP contribution in [0.25, 0.3) is 0 Å². The van der Waals surface area contributed by atoms with Gasteiger partial charge in [-0.3, -0.25) is 4.98 Å². The molecule has 2 atom stereocenters. The first kappa shape index (κ1) is 19.9. The summed E-state index contributed by atoms with van der Waals surface area (Å²) in [5.41, 5.74) is 1.80. The fraction of sp³-hybridized carbons (Fsp3) is 0.522. The van der Waals surface area contributed by atoms with Crippen LogP contribution >= 0.6 is 0 Å². The van der Waals surface area contributed by atoms with Crippen molar-refractivity contribution in [2.75, 3.05) is 4.90 Å². The average molecular weight is 421 g/mol. The molecular weight excluding hydrogens is 392 g/mol. The first-order valence-corrected chi connectivity index (χ1v) is 11.0. The minimum Gasteiger partial charge on any atom is -0.437 e. The Kier molecular flexibility index (Phi) is 5.08. The van der Waals surface area contributed by atoms with Crippen molar-refractivity contribution in [2.24, 2.45) is 0 Å². The molecule has 5 rings (SSSR count). The number of hydrogen-bond donors (Lipinski definition) is 0. The molecule has 8 heteroatoms. The lowest BCUT2D eigenvalue weighted by Crippen LogP contribution is -2.43. The lowest BCUT2D eigenvalue weighted by Gasteiger charge is -2.39. The molecule has 2 unspecified atom stereocenters. The van der Waals surface area contributed by atoms with Crippen molar-refractivity contribution in [2.45, 2.75) is 77.3 Å². The number of fused-ring (bicyclic) bond motifs is 2. The summed E-state index contributed by atoms with van der Waals surface area (Å²) in [4.78, 5) is 20.5. The van der Waals surface area contributed by atoms with E-state index in [2.05, 4.69) is 43.8 Å². The van der Waals surface area contributed by atoms with E-state index in [4.69, 9.17) is 9.26 Å². The molecule has 0 aromatic carbocycles. The van der Waals surface area contributed by atoms with Gasteiger partial charge in [0.15, 0.2) is 11.6 Å². The second-order valence-electron chi connectivity index (χ2n) is 8.92. The molecule has 2 aliphatic rings. The first-order chi connectivity index (χ1) is 15.0. The normalized spacial score (nSPS) is 22.9. The van der Waals surface area contributed by atoms with Crippen molar-refractivity contribution in [1.29, 1.82) is 0 Å². The van der Waals surface area contributed by atoms with Gasteiger partial charge in [0, 0.05) is 30.1 Å². The van der Waals surface area contributed by atoms with E-state index >= 15 is 0 Å². The fourth-order valence-corrected chi connectivity index (χ4v) is 4.84. The molecule has 0 aliphatic carbocycles. The molecule has 3 aromatic rings. The Morgan fingerprint density at radius 1 is 1.10 bits per heavy atom. The number of aryl methyl sites for hydroxylation is 1. The summed E-state index contributed by atoms with van der Waals surface area (Å²) in [6.45, 7) is 8.14. The fourth-order valence-electron chi connectivity index (χ4n) is 4.84. The summed E-state index contributed by atoms with van der Waals surface area (Å²) in [6, 6.07) is 4.58. The Balaban J connectivity index is 1.38. The number of hydrogen-bond acceptors (Lipinski definition) is 8. The van der Waals surface area contributed by atoms with E-state index in [9.17, 15) is 0 Å². The number of pyridine rings is 1. The SMILES string of the molecule is Cc1ncccc1Oc1ncnc(N2C3CCC2CC(c2nc(C(C)C)no2)C3)c1C. The van der Waals surface area contributed by atoms with Crippen LogP contribution in [0.2, 0.25) is 0 Å². The topological polar surface area (TPSA) is 90.1 Å². The third kappa shape index (κ3) is 3.64. The predicted molar refractivity (Wildman–Crippen MR) is 115 cm³/mol. The molecular formula is C23H28N6O2.